The van der Waals surface area contributed by atoms with Crippen molar-refractivity contribution in [3.8, 4) is 0 Å². The van der Waals surface area contributed by atoms with Gasteiger partial charge in [-0.05, 0) is 36.2 Å². The quantitative estimate of drug-likeness (QED) is 0.766. The van der Waals surface area contributed by atoms with Crippen LogP contribution in [0.4, 0.5) is 4.39 Å². The highest BCUT2D eigenvalue weighted by molar-refractivity contribution is 5.84. The maximum absolute atomic E-state index is 13.0. The number of pyridine rings is 1. The molecule has 2 aromatic heterocycles. The molecule has 3 nitrogen and oxygen atoms in total. The molecule has 0 saturated carbocycles. The fourth-order valence-electron chi connectivity index (χ4n) is 2.58. The molecule has 1 unspecified atom stereocenters. The van der Waals surface area contributed by atoms with Gasteiger partial charge < -0.3 is 10.1 Å². The number of nitrogens with one attached hydrogen (secondary N) is 1. The Balaban J connectivity index is 2.22. The largest absolute Gasteiger partial charge is 0.379 e. The molecule has 2 heterocycles. The fraction of sp³-hybridized carbons (Fsp3) is 0.188. The SMILES string of the molecule is CCC(O)(c1ccc(F)cn1)c1cccc2[nH]ccc12. The van der Waals surface area contributed by atoms with Gasteiger partial charge >= 0.3 is 0 Å². The second kappa shape index (κ2) is 4.72. The maximum Gasteiger partial charge on any atom is 0.141 e. The molecule has 3 rings (SSSR count). The summed E-state index contributed by atoms with van der Waals surface area (Å²) in [6, 6.07) is 10.5. The Morgan fingerprint density at radius 2 is 2.10 bits per heavy atom. The number of aromatic amines is 1. The average molecular weight is 270 g/mol. The molecule has 0 aliphatic carbocycles. The molecule has 1 atom stereocenters. The molecule has 0 spiro atoms. The van der Waals surface area contributed by atoms with E-state index < -0.39 is 11.4 Å². The van der Waals surface area contributed by atoms with Crippen molar-refractivity contribution in [2.45, 2.75) is 18.9 Å². The predicted molar refractivity (Wildman–Crippen MR) is 75.8 cm³/mol. The number of H-pyrrole nitrogens is 1. The number of aliphatic hydroxyl groups is 1. The first-order valence-electron chi connectivity index (χ1n) is 6.56. The lowest BCUT2D eigenvalue weighted by molar-refractivity contribution is 0.0733. The molecule has 0 fully saturated rings. The van der Waals surface area contributed by atoms with E-state index in [-0.39, 0.29) is 0 Å². The molecule has 0 saturated heterocycles. The van der Waals surface area contributed by atoms with Crippen molar-refractivity contribution < 1.29 is 9.50 Å². The Kier molecular flexibility index (Phi) is 3.03. The highest BCUT2D eigenvalue weighted by atomic mass is 19.1. The number of benzene rings is 1. The standard InChI is InChI=1S/C16H15FN2O/c1-2-16(20,15-7-6-11(17)10-19-15)13-4-3-5-14-12(13)8-9-18-14/h3-10,18,20H,2H2,1H3. The highest BCUT2D eigenvalue weighted by Crippen LogP contribution is 2.35. The van der Waals surface area contributed by atoms with E-state index >= 15 is 0 Å². The summed E-state index contributed by atoms with van der Waals surface area (Å²) in [5, 5.41) is 12.0. The van der Waals surface area contributed by atoms with Gasteiger partial charge in [-0.25, -0.2) is 4.39 Å². The van der Waals surface area contributed by atoms with Gasteiger partial charge in [-0.2, -0.15) is 0 Å². The molecule has 0 bridgehead atoms. The van der Waals surface area contributed by atoms with Crippen molar-refractivity contribution in [3.63, 3.8) is 0 Å². The summed E-state index contributed by atoms with van der Waals surface area (Å²) in [4.78, 5) is 7.18. The van der Waals surface area contributed by atoms with Crippen LogP contribution in [0.25, 0.3) is 10.9 Å². The Bertz CT molecular complexity index is 736. The lowest BCUT2D eigenvalue weighted by Crippen LogP contribution is -2.27. The summed E-state index contributed by atoms with van der Waals surface area (Å²) in [7, 11) is 0. The van der Waals surface area contributed by atoms with Gasteiger partial charge in [0.15, 0.2) is 0 Å². The number of hydrogen-bond donors (Lipinski definition) is 2. The molecule has 2 N–H and O–H groups in total. The lowest BCUT2D eigenvalue weighted by Gasteiger charge is -2.27. The number of fused-ring (bicyclic) bond motifs is 1. The van der Waals surface area contributed by atoms with Crippen molar-refractivity contribution in [2.24, 2.45) is 0 Å². The minimum absolute atomic E-state index is 0.410. The van der Waals surface area contributed by atoms with Crippen LogP contribution in [0, 0.1) is 5.82 Å². The van der Waals surface area contributed by atoms with Crippen molar-refractivity contribution >= 4 is 10.9 Å². The minimum Gasteiger partial charge on any atom is -0.379 e. The molecule has 0 radical (unpaired) electrons. The smallest absolute Gasteiger partial charge is 0.141 e. The topological polar surface area (TPSA) is 48.9 Å². The summed E-state index contributed by atoms with van der Waals surface area (Å²) in [5.41, 5.74) is 0.958. The number of hydrogen-bond acceptors (Lipinski definition) is 2. The summed E-state index contributed by atoms with van der Waals surface area (Å²) in [6.45, 7) is 1.89. The summed E-state index contributed by atoms with van der Waals surface area (Å²) >= 11 is 0. The summed E-state index contributed by atoms with van der Waals surface area (Å²) in [5.74, 6) is -0.410. The third-order valence-corrected chi connectivity index (χ3v) is 3.70. The van der Waals surface area contributed by atoms with Gasteiger partial charge in [0.2, 0.25) is 0 Å². The molecule has 102 valence electrons. The van der Waals surface area contributed by atoms with Crippen LogP contribution >= 0.6 is 0 Å². The second-order valence-corrected chi connectivity index (χ2v) is 4.82. The van der Waals surface area contributed by atoms with Crippen molar-refractivity contribution in [3.05, 3.63) is 65.9 Å². The molecule has 0 aliphatic heterocycles. The maximum atomic E-state index is 13.0. The van der Waals surface area contributed by atoms with Crippen LogP contribution in [-0.4, -0.2) is 15.1 Å². The van der Waals surface area contributed by atoms with Crippen LogP contribution in [0.3, 0.4) is 0 Å². The Morgan fingerprint density at radius 1 is 1.25 bits per heavy atom. The Morgan fingerprint density at radius 3 is 2.80 bits per heavy atom. The van der Waals surface area contributed by atoms with Crippen LogP contribution in [-0.2, 0) is 5.60 Å². The molecular weight excluding hydrogens is 255 g/mol. The van der Waals surface area contributed by atoms with Crippen LogP contribution in [0.15, 0.2) is 48.8 Å². The van der Waals surface area contributed by atoms with E-state index in [0.717, 1.165) is 22.7 Å². The average Bonchev–Trinajstić information content (AvgIpc) is 2.95. The fourth-order valence-corrected chi connectivity index (χ4v) is 2.58. The molecule has 0 aliphatic rings. The van der Waals surface area contributed by atoms with E-state index in [9.17, 15) is 9.50 Å². The molecule has 4 heteroatoms. The van der Waals surface area contributed by atoms with Gasteiger partial charge in [0.25, 0.3) is 0 Å². The first-order chi connectivity index (χ1) is 9.65. The molecule has 1 aromatic carbocycles. The highest BCUT2D eigenvalue weighted by Gasteiger charge is 2.32. The zero-order valence-electron chi connectivity index (χ0n) is 11.1. The third-order valence-electron chi connectivity index (χ3n) is 3.70. The van der Waals surface area contributed by atoms with Gasteiger partial charge in [-0.3, -0.25) is 4.98 Å². The van der Waals surface area contributed by atoms with Crippen molar-refractivity contribution in [2.75, 3.05) is 0 Å². The first kappa shape index (κ1) is 12.8. The van der Waals surface area contributed by atoms with E-state index in [4.69, 9.17) is 0 Å². The second-order valence-electron chi connectivity index (χ2n) is 4.82. The van der Waals surface area contributed by atoms with Gasteiger partial charge in [0, 0.05) is 17.1 Å². The zero-order chi connectivity index (χ0) is 14.2. The van der Waals surface area contributed by atoms with E-state index in [1.807, 2.05) is 37.4 Å². The summed E-state index contributed by atoms with van der Waals surface area (Å²) < 4.78 is 13.0. The van der Waals surface area contributed by atoms with Gasteiger partial charge in [-0.15, -0.1) is 0 Å². The van der Waals surface area contributed by atoms with Crippen molar-refractivity contribution in [1.29, 1.82) is 0 Å². The number of rotatable bonds is 3. The van der Waals surface area contributed by atoms with Gasteiger partial charge in [0.05, 0.1) is 11.9 Å². The Hall–Kier alpha value is -2.20. The first-order valence-corrected chi connectivity index (χ1v) is 6.56. The van der Waals surface area contributed by atoms with Gasteiger partial charge in [-0.1, -0.05) is 19.1 Å². The Labute approximate surface area is 116 Å². The zero-order valence-corrected chi connectivity index (χ0v) is 11.1. The predicted octanol–water partition coefficient (Wildman–Crippen LogP) is 3.35. The van der Waals surface area contributed by atoms with Crippen LogP contribution in [0.5, 0.6) is 0 Å². The van der Waals surface area contributed by atoms with Crippen molar-refractivity contribution in [1.82, 2.24) is 9.97 Å². The molecular formula is C16H15FN2O. The van der Waals surface area contributed by atoms with Crippen LogP contribution < -0.4 is 0 Å². The third kappa shape index (κ3) is 1.89. The minimum atomic E-state index is -1.23. The van der Waals surface area contributed by atoms with E-state index in [1.165, 1.54) is 12.1 Å². The lowest BCUT2D eigenvalue weighted by atomic mass is 9.85. The number of nitrogens with zero attached hydrogens (tertiary/aromatic N) is 1. The monoisotopic (exact) mass is 270 g/mol. The summed E-state index contributed by atoms with van der Waals surface area (Å²) in [6.07, 6.45) is 3.42. The molecule has 0 amide bonds. The van der Waals surface area contributed by atoms with E-state index in [1.54, 1.807) is 0 Å². The molecule has 20 heavy (non-hydrogen) atoms. The number of aromatic nitrogens is 2. The van der Waals surface area contributed by atoms with E-state index in [2.05, 4.69) is 9.97 Å². The number of halogens is 1. The van der Waals surface area contributed by atoms with Crippen LogP contribution in [0.1, 0.15) is 24.6 Å². The van der Waals surface area contributed by atoms with Crippen LogP contribution in [0.2, 0.25) is 0 Å². The normalized spacial score (nSPS) is 14.3. The van der Waals surface area contributed by atoms with Gasteiger partial charge in [0.1, 0.15) is 11.4 Å². The molecule has 3 aromatic rings. The van der Waals surface area contributed by atoms with E-state index in [0.29, 0.717) is 12.1 Å².